The molecule has 0 spiro atoms. The predicted octanol–water partition coefficient (Wildman–Crippen LogP) is 3.25. The minimum Gasteiger partial charge on any atom is -0.508 e. The molecule has 0 heterocycles. The van der Waals surface area contributed by atoms with Gasteiger partial charge in [-0.15, -0.1) is 0 Å². The molecule has 1 amide bonds. The molecule has 0 aliphatic heterocycles. The fourth-order valence-electron chi connectivity index (χ4n) is 1.78. The van der Waals surface area contributed by atoms with Crippen LogP contribution in [0.3, 0.4) is 0 Å². The van der Waals surface area contributed by atoms with Crippen LogP contribution in [-0.4, -0.2) is 11.0 Å². The Morgan fingerprint density at radius 1 is 1.14 bits per heavy atom. The van der Waals surface area contributed by atoms with Crippen molar-refractivity contribution in [3.8, 4) is 5.75 Å². The molecule has 7 heteroatoms. The van der Waals surface area contributed by atoms with E-state index in [1.54, 1.807) is 0 Å². The Bertz CT molecular complexity index is 684. The van der Waals surface area contributed by atoms with Crippen LogP contribution >= 0.6 is 0 Å². The molecule has 2 rings (SSSR count). The van der Waals surface area contributed by atoms with Gasteiger partial charge in [0, 0.05) is 6.07 Å². The number of phenols is 1. The minimum absolute atomic E-state index is 0.0489. The van der Waals surface area contributed by atoms with Crippen LogP contribution < -0.4 is 11.1 Å². The molecule has 0 fully saturated rings. The maximum atomic E-state index is 12.8. The number of nitrogens with one attached hydrogen (secondary N) is 1. The topological polar surface area (TPSA) is 75.3 Å². The lowest BCUT2D eigenvalue weighted by Gasteiger charge is -2.13. The van der Waals surface area contributed by atoms with Crippen LogP contribution in [0.15, 0.2) is 42.5 Å². The van der Waals surface area contributed by atoms with E-state index in [9.17, 15) is 23.1 Å². The smallest absolute Gasteiger partial charge is 0.417 e. The summed E-state index contributed by atoms with van der Waals surface area (Å²) in [5.74, 6) is -1.04. The number of alkyl halides is 3. The number of aromatic hydroxyl groups is 1. The first-order valence-corrected chi connectivity index (χ1v) is 5.85. The summed E-state index contributed by atoms with van der Waals surface area (Å²) >= 11 is 0. The number of carbonyl (C=O) groups is 1. The lowest BCUT2D eigenvalue weighted by atomic mass is 10.1. The molecular weight excluding hydrogens is 285 g/mol. The summed E-state index contributed by atoms with van der Waals surface area (Å²) in [6, 6.07) is 8.20. The molecule has 4 N–H and O–H groups in total. The Labute approximate surface area is 118 Å². The van der Waals surface area contributed by atoms with Gasteiger partial charge in [0.25, 0.3) is 5.91 Å². The molecule has 0 saturated carbocycles. The summed E-state index contributed by atoms with van der Waals surface area (Å²) < 4.78 is 38.5. The van der Waals surface area contributed by atoms with Gasteiger partial charge in [0.1, 0.15) is 5.75 Å². The molecule has 2 aromatic rings. The van der Waals surface area contributed by atoms with Gasteiger partial charge in [0.05, 0.1) is 22.5 Å². The molecule has 21 heavy (non-hydrogen) atoms. The van der Waals surface area contributed by atoms with Gasteiger partial charge in [-0.2, -0.15) is 13.2 Å². The SMILES string of the molecule is Nc1cc(O)ccc1NC(=O)c1ccccc1C(F)(F)F. The van der Waals surface area contributed by atoms with Crippen molar-refractivity contribution >= 4 is 17.3 Å². The molecular formula is C14H11F3N2O2. The van der Waals surface area contributed by atoms with Gasteiger partial charge in [0.15, 0.2) is 0 Å². The Kier molecular flexibility index (Phi) is 3.75. The molecule has 0 unspecified atom stereocenters. The van der Waals surface area contributed by atoms with E-state index in [0.717, 1.165) is 12.1 Å². The molecule has 2 aromatic carbocycles. The number of benzene rings is 2. The fourth-order valence-corrected chi connectivity index (χ4v) is 1.78. The van der Waals surface area contributed by atoms with Crippen LogP contribution in [0.25, 0.3) is 0 Å². The maximum absolute atomic E-state index is 12.8. The Hall–Kier alpha value is -2.70. The molecule has 0 aliphatic rings. The summed E-state index contributed by atoms with van der Waals surface area (Å²) in [7, 11) is 0. The first kappa shape index (κ1) is 14.7. The highest BCUT2D eigenvalue weighted by atomic mass is 19.4. The number of amides is 1. The van der Waals surface area contributed by atoms with Crippen LogP contribution in [0.2, 0.25) is 0 Å². The third-order valence-corrected chi connectivity index (χ3v) is 2.76. The number of hydrogen-bond donors (Lipinski definition) is 3. The number of phenolic OH excluding ortho intramolecular Hbond substituents is 1. The van der Waals surface area contributed by atoms with Crippen molar-refractivity contribution in [3.63, 3.8) is 0 Å². The highest BCUT2D eigenvalue weighted by Crippen LogP contribution is 2.32. The summed E-state index contributed by atoms with van der Waals surface area (Å²) in [5.41, 5.74) is 4.21. The van der Waals surface area contributed by atoms with E-state index in [1.165, 1.54) is 30.3 Å². The van der Waals surface area contributed by atoms with Crippen molar-refractivity contribution in [2.75, 3.05) is 11.1 Å². The summed E-state index contributed by atoms with van der Waals surface area (Å²) in [6.07, 6.45) is -4.63. The van der Waals surface area contributed by atoms with Crippen LogP contribution in [0.1, 0.15) is 15.9 Å². The number of nitrogen functional groups attached to an aromatic ring is 1. The number of rotatable bonds is 2. The van der Waals surface area contributed by atoms with Crippen molar-refractivity contribution < 1.29 is 23.1 Å². The van der Waals surface area contributed by atoms with E-state index < -0.39 is 23.2 Å². The second-order valence-corrected chi connectivity index (χ2v) is 4.27. The zero-order valence-corrected chi connectivity index (χ0v) is 10.6. The third kappa shape index (κ3) is 3.25. The predicted molar refractivity (Wildman–Crippen MR) is 71.9 cm³/mol. The van der Waals surface area contributed by atoms with Crippen molar-refractivity contribution in [3.05, 3.63) is 53.6 Å². The standard InChI is InChI=1S/C14H11F3N2O2/c15-14(16,17)10-4-2-1-3-9(10)13(21)19-12-6-5-8(20)7-11(12)18/h1-7,20H,18H2,(H,19,21). The molecule has 0 saturated heterocycles. The first-order chi connectivity index (χ1) is 9.79. The number of hydrogen-bond acceptors (Lipinski definition) is 3. The maximum Gasteiger partial charge on any atom is 0.417 e. The quantitative estimate of drug-likeness (QED) is 0.588. The van der Waals surface area contributed by atoms with Gasteiger partial charge < -0.3 is 16.2 Å². The van der Waals surface area contributed by atoms with Crippen molar-refractivity contribution in [2.45, 2.75) is 6.18 Å². The monoisotopic (exact) mass is 296 g/mol. The zero-order chi connectivity index (χ0) is 15.6. The third-order valence-electron chi connectivity index (χ3n) is 2.76. The Morgan fingerprint density at radius 3 is 2.43 bits per heavy atom. The normalized spacial score (nSPS) is 11.2. The van der Waals surface area contributed by atoms with Crippen LogP contribution in [-0.2, 0) is 6.18 Å². The molecule has 110 valence electrons. The summed E-state index contributed by atoms with van der Waals surface area (Å²) in [6.45, 7) is 0. The van der Waals surface area contributed by atoms with Crippen molar-refractivity contribution in [2.24, 2.45) is 0 Å². The zero-order valence-electron chi connectivity index (χ0n) is 10.6. The van der Waals surface area contributed by atoms with Gasteiger partial charge in [-0.1, -0.05) is 12.1 Å². The highest BCUT2D eigenvalue weighted by molar-refractivity contribution is 6.06. The van der Waals surface area contributed by atoms with E-state index in [-0.39, 0.29) is 17.1 Å². The molecule has 4 nitrogen and oxygen atoms in total. The highest BCUT2D eigenvalue weighted by Gasteiger charge is 2.34. The van der Waals surface area contributed by atoms with Gasteiger partial charge in [0.2, 0.25) is 0 Å². The van der Waals surface area contributed by atoms with E-state index >= 15 is 0 Å². The summed E-state index contributed by atoms with van der Waals surface area (Å²) in [4.78, 5) is 12.0. The van der Waals surface area contributed by atoms with Gasteiger partial charge in [-0.3, -0.25) is 4.79 Å². The van der Waals surface area contributed by atoms with E-state index in [2.05, 4.69) is 5.32 Å². The number of nitrogens with two attached hydrogens (primary N) is 1. The lowest BCUT2D eigenvalue weighted by Crippen LogP contribution is -2.19. The second-order valence-electron chi connectivity index (χ2n) is 4.27. The van der Waals surface area contributed by atoms with Crippen molar-refractivity contribution in [1.29, 1.82) is 0 Å². The Balaban J connectivity index is 2.33. The molecule has 0 bridgehead atoms. The van der Waals surface area contributed by atoms with Crippen molar-refractivity contribution in [1.82, 2.24) is 0 Å². The average molecular weight is 296 g/mol. The van der Waals surface area contributed by atoms with E-state index in [0.29, 0.717) is 0 Å². The van der Waals surface area contributed by atoms with E-state index in [4.69, 9.17) is 5.73 Å². The van der Waals surface area contributed by atoms with Gasteiger partial charge in [-0.25, -0.2) is 0 Å². The van der Waals surface area contributed by atoms with Crippen LogP contribution in [0.4, 0.5) is 24.5 Å². The molecule has 0 radical (unpaired) electrons. The van der Waals surface area contributed by atoms with Gasteiger partial charge >= 0.3 is 6.18 Å². The average Bonchev–Trinajstić information content (AvgIpc) is 2.41. The van der Waals surface area contributed by atoms with E-state index in [1.807, 2.05) is 0 Å². The fraction of sp³-hybridized carbons (Fsp3) is 0.0714. The summed E-state index contributed by atoms with van der Waals surface area (Å²) in [5, 5.41) is 11.5. The largest absolute Gasteiger partial charge is 0.508 e. The molecule has 0 atom stereocenters. The first-order valence-electron chi connectivity index (χ1n) is 5.85. The van der Waals surface area contributed by atoms with Crippen LogP contribution in [0, 0.1) is 0 Å². The molecule has 0 aliphatic carbocycles. The molecule has 0 aromatic heterocycles. The van der Waals surface area contributed by atoms with Crippen LogP contribution in [0.5, 0.6) is 5.75 Å². The second kappa shape index (κ2) is 5.35. The number of halogens is 3. The van der Waals surface area contributed by atoms with Gasteiger partial charge in [-0.05, 0) is 24.3 Å². The Morgan fingerprint density at radius 2 is 1.81 bits per heavy atom. The minimum atomic E-state index is -4.63. The number of anilines is 2. The number of carbonyl (C=O) groups excluding carboxylic acids is 1. The lowest BCUT2D eigenvalue weighted by molar-refractivity contribution is -0.137.